The molecule has 8 heteroatoms. The van der Waals surface area contributed by atoms with Gasteiger partial charge in [0, 0.05) is 0 Å². The van der Waals surface area contributed by atoms with E-state index >= 15 is 0 Å². The molecule has 0 aliphatic carbocycles. The van der Waals surface area contributed by atoms with Crippen LogP contribution in [0.2, 0.25) is 0 Å². The van der Waals surface area contributed by atoms with Crippen molar-refractivity contribution < 1.29 is 23.4 Å². The van der Waals surface area contributed by atoms with Crippen LogP contribution in [-0.2, 0) is 0 Å². The van der Waals surface area contributed by atoms with Gasteiger partial charge in [0.15, 0.2) is 5.69 Å². The standard InChI is InChI=1S/C11H8F2N2O3S/c12-11(13)18-7-4-2-1-3-6(7)15-9-8(10(16)17)14-5-19-9/h1-5,11,15H,(H,16,17). The second-order valence-electron chi connectivity index (χ2n) is 3.33. The summed E-state index contributed by atoms with van der Waals surface area (Å²) in [6.07, 6.45) is 0. The molecule has 5 nitrogen and oxygen atoms in total. The molecule has 0 amide bonds. The number of hydrogen-bond donors (Lipinski definition) is 2. The summed E-state index contributed by atoms with van der Waals surface area (Å²) in [7, 11) is 0. The van der Waals surface area contributed by atoms with Gasteiger partial charge < -0.3 is 15.2 Å². The molecule has 0 radical (unpaired) electrons. The predicted octanol–water partition coefficient (Wildman–Crippen LogP) is 3.19. The number of alkyl halides is 2. The molecule has 19 heavy (non-hydrogen) atoms. The van der Waals surface area contributed by atoms with Crippen molar-refractivity contribution in [2.45, 2.75) is 6.61 Å². The van der Waals surface area contributed by atoms with Crippen LogP contribution in [0.4, 0.5) is 19.5 Å². The summed E-state index contributed by atoms with van der Waals surface area (Å²) >= 11 is 1.05. The number of para-hydroxylation sites is 2. The molecule has 1 aromatic heterocycles. The van der Waals surface area contributed by atoms with Gasteiger partial charge in [-0.2, -0.15) is 8.78 Å². The van der Waals surface area contributed by atoms with Crippen molar-refractivity contribution in [3.8, 4) is 5.75 Å². The molecule has 2 N–H and O–H groups in total. The normalized spacial score (nSPS) is 10.5. The highest BCUT2D eigenvalue weighted by Gasteiger charge is 2.16. The maximum Gasteiger partial charge on any atom is 0.387 e. The number of thiazole rings is 1. The molecule has 2 rings (SSSR count). The summed E-state index contributed by atoms with van der Waals surface area (Å²) in [6.45, 7) is -2.96. The Kier molecular flexibility index (Phi) is 3.91. The molecule has 100 valence electrons. The van der Waals surface area contributed by atoms with Gasteiger partial charge in [-0.3, -0.25) is 0 Å². The van der Waals surface area contributed by atoms with Gasteiger partial charge >= 0.3 is 12.6 Å². The van der Waals surface area contributed by atoms with Crippen LogP contribution in [-0.4, -0.2) is 22.7 Å². The fourth-order valence-corrected chi connectivity index (χ4v) is 2.06. The van der Waals surface area contributed by atoms with Crippen molar-refractivity contribution in [1.82, 2.24) is 4.98 Å². The Labute approximate surface area is 110 Å². The number of carboxylic acids is 1. The van der Waals surface area contributed by atoms with E-state index in [9.17, 15) is 13.6 Å². The molecule has 0 atom stereocenters. The van der Waals surface area contributed by atoms with E-state index in [4.69, 9.17) is 5.11 Å². The number of nitrogens with zero attached hydrogens (tertiary/aromatic N) is 1. The summed E-state index contributed by atoms with van der Waals surface area (Å²) < 4.78 is 28.8. The molecule has 0 aliphatic rings. The first-order valence-electron chi connectivity index (χ1n) is 5.05. The van der Waals surface area contributed by atoms with Crippen LogP contribution in [0.15, 0.2) is 29.8 Å². The molecule has 0 bridgehead atoms. The Hall–Kier alpha value is -2.22. The highest BCUT2D eigenvalue weighted by molar-refractivity contribution is 7.14. The Morgan fingerprint density at radius 1 is 1.42 bits per heavy atom. The van der Waals surface area contributed by atoms with Crippen LogP contribution < -0.4 is 10.1 Å². The Balaban J connectivity index is 2.28. The van der Waals surface area contributed by atoms with E-state index in [1.54, 1.807) is 6.07 Å². The molecule has 0 saturated carbocycles. The number of anilines is 2. The largest absolute Gasteiger partial charge is 0.476 e. The fourth-order valence-electron chi connectivity index (χ4n) is 1.38. The lowest BCUT2D eigenvalue weighted by molar-refractivity contribution is -0.0493. The van der Waals surface area contributed by atoms with Crippen LogP contribution in [0.25, 0.3) is 0 Å². The third-order valence-electron chi connectivity index (χ3n) is 2.12. The van der Waals surface area contributed by atoms with E-state index in [0.29, 0.717) is 0 Å². The van der Waals surface area contributed by atoms with E-state index in [1.807, 2.05) is 0 Å². The van der Waals surface area contributed by atoms with E-state index < -0.39 is 12.6 Å². The number of aromatic carboxylic acids is 1. The number of benzene rings is 1. The van der Waals surface area contributed by atoms with Gasteiger partial charge in [-0.05, 0) is 12.1 Å². The SMILES string of the molecule is O=C(O)c1ncsc1Nc1ccccc1OC(F)F. The van der Waals surface area contributed by atoms with E-state index in [-0.39, 0.29) is 22.1 Å². The average Bonchev–Trinajstić information content (AvgIpc) is 2.79. The predicted molar refractivity (Wildman–Crippen MR) is 65.4 cm³/mol. The number of rotatable bonds is 5. The van der Waals surface area contributed by atoms with Crippen molar-refractivity contribution in [2.75, 3.05) is 5.32 Å². The third-order valence-corrected chi connectivity index (χ3v) is 2.86. The molecule has 0 unspecified atom stereocenters. The topological polar surface area (TPSA) is 71.5 Å². The minimum absolute atomic E-state index is 0.0674. The number of aromatic nitrogens is 1. The highest BCUT2D eigenvalue weighted by atomic mass is 32.1. The first-order valence-corrected chi connectivity index (χ1v) is 5.93. The lowest BCUT2D eigenvalue weighted by Gasteiger charge is -2.11. The van der Waals surface area contributed by atoms with Gasteiger partial charge in [0.2, 0.25) is 0 Å². The Bertz CT molecular complexity index is 589. The van der Waals surface area contributed by atoms with Crippen molar-refractivity contribution >= 4 is 28.0 Å². The van der Waals surface area contributed by atoms with Crippen molar-refractivity contribution in [3.05, 3.63) is 35.5 Å². The maximum atomic E-state index is 12.2. The molecule has 2 aromatic rings. The molecule has 0 aliphatic heterocycles. The zero-order valence-electron chi connectivity index (χ0n) is 9.34. The molecule has 0 fully saturated rings. The zero-order valence-corrected chi connectivity index (χ0v) is 10.2. The smallest absolute Gasteiger partial charge is 0.387 e. The molecule has 1 aromatic carbocycles. The molecular weight excluding hydrogens is 278 g/mol. The summed E-state index contributed by atoms with van der Waals surface area (Å²) in [6, 6.07) is 6.01. The van der Waals surface area contributed by atoms with E-state index in [2.05, 4.69) is 15.0 Å². The second kappa shape index (κ2) is 5.61. The average molecular weight is 286 g/mol. The summed E-state index contributed by atoms with van der Waals surface area (Å²) in [4.78, 5) is 14.6. The van der Waals surface area contributed by atoms with E-state index in [1.165, 1.54) is 23.7 Å². The summed E-state index contributed by atoms with van der Waals surface area (Å²) in [5, 5.41) is 11.9. The Morgan fingerprint density at radius 3 is 2.84 bits per heavy atom. The summed E-state index contributed by atoms with van der Waals surface area (Å²) in [5.74, 6) is -1.27. The van der Waals surface area contributed by atoms with Crippen molar-refractivity contribution in [2.24, 2.45) is 0 Å². The van der Waals surface area contributed by atoms with Crippen LogP contribution in [0.3, 0.4) is 0 Å². The van der Waals surface area contributed by atoms with Crippen LogP contribution in [0, 0.1) is 0 Å². The van der Waals surface area contributed by atoms with Crippen LogP contribution in [0.1, 0.15) is 10.5 Å². The molecular formula is C11H8F2N2O3S. The van der Waals surface area contributed by atoms with E-state index in [0.717, 1.165) is 11.3 Å². The van der Waals surface area contributed by atoms with Crippen molar-refractivity contribution in [1.29, 1.82) is 0 Å². The van der Waals surface area contributed by atoms with Gasteiger partial charge in [-0.25, -0.2) is 9.78 Å². The van der Waals surface area contributed by atoms with Gasteiger partial charge in [0.05, 0.1) is 11.2 Å². The van der Waals surface area contributed by atoms with Crippen molar-refractivity contribution in [3.63, 3.8) is 0 Å². The maximum absolute atomic E-state index is 12.2. The first-order chi connectivity index (χ1) is 9.08. The third kappa shape index (κ3) is 3.16. The van der Waals surface area contributed by atoms with Crippen LogP contribution in [0.5, 0.6) is 5.75 Å². The van der Waals surface area contributed by atoms with Gasteiger partial charge in [-0.1, -0.05) is 12.1 Å². The monoisotopic (exact) mass is 286 g/mol. The minimum atomic E-state index is -2.96. The molecule has 0 saturated heterocycles. The number of ether oxygens (including phenoxy) is 1. The second-order valence-corrected chi connectivity index (χ2v) is 4.19. The van der Waals surface area contributed by atoms with Gasteiger partial charge in [-0.15, -0.1) is 11.3 Å². The summed E-state index contributed by atoms with van der Waals surface area (Å²) in [5.41, 5.74) is 1.42. The quantitative estimate of drug-likeness (QED) is 0.883. The number of hydrogen-bond acceptors (Lipinski definition) is 5. The Morgan fingerprint density at radius 2 is 2.16 bits per heavy atom. The number of halogens is 2. The molecule has 1 heterocycles. The lowest BCUT2D eigenvalue weighted by Crippen LogP contribution is -2.05. The number of carbonyl (C=O) groups is 1. The van der Waals surface area contributed by atoms with Gasteiger partial charge in [0.1, 0.15) is 10.8 Å². The minimum Gasteiger partial charge on any atom is -0.476 e. The first kappa shape index (κ1) is 13.2. The zero-order chi connectivity index (χ0) is 13.8. The lowest BCUT2D eigenvalue weighted by atomic mass is 10.3. The number of nitrogens with one attached hydrogen (secondary N) is 1. The highest BCUT2D eigenvalue weighted by Crippen LogP contribution is 2.31. The van der Waals surface area contributed by atoms with Gasteiger partial charge in [0.25, 0.3) is 0 Å². The number of carboxylic acid groups (broad SMARTS) is 1. The fraction of sp³-hybridized carbons (Fsp3) is 0.0909. The van der Waals surface area contributed by atoms with Crippen LogP contribution >= 0.6 is 11.3 Å². The molecule has 0 spiro atoms.